The number of carbonyl (C=O) groups is 2. The van der Waals surface area contributed by atoms with Crippen molar-refractivity contribution in [3.63, 3.8) is 0 Å². The lowest BCUT2D eigenvalue weighted by Crippen LogP contribution is -2.46. The van der Waals surface area contributed by atoms with E-state index in [2.05, 4.69) is 28.1 Å². The molecule has 0 bridgehead atoms. The molecule has 5 rings (SSSR count). The molecule has 6 nitrogen and oxygen atoms in total. The van der Waals surface area contributed by atoms with Gasteiger partial charge >= 0.3 is 0 Å². The predicted molar refractivity (Wildman–Crippen MR) is 142 cm³/mol. The highest BCUT2D eigenvalue weighted by Gasteiger charge is 2.29. The van der Waals surface area contributed by atoms with Crippen LogP contribution < -0.4 is 10.2 Å². The maximum absolute atomic E-state index is 13.3. The third-order valence-corrected chi connectivity index (χ3v) is 7.50. The van der Waals surface area contributed by atoms with Gasteiger partial charge < -0.3 is 20.0 Å². The van der Waals surface area contributed by atoms with E-state index in [4.69, 9.17) is 0 Å². The smallest absolute Gasteiger partial charge is 0.254 e. The topological polar surface area (TPSA) is 55.9 Å². The number of nitrogens with zero attached hydrogens (tertiary/aromatic N) is 3. The Hall–Kier alpha value is -3.38. The van der Waals surface area contributed by atoms with Gasteiger partial charge in [-0.3, -0.25) is 9.59 Å². The fourth-order valence-corrected chi connectivity index (χ4v) is 5.32. The number of rotatable bonds is 5. The summed E-state index contributed by atoms with van der Waals surface area (Å²) in [4.78, 5) is 33.2. The molecule has 2 fully saturated rings. The largest absolute Gasteiger partial charge is 0.367 e. The van der Waals surface area contributed by atoms with Crippen LogP contribution in [0.15, 0.2) is 66.7 Å². The van der Waals surface area contributed by atoms with Crippen LogP contribution in [0.2, 0.25) is 0 Å². The zero-order chi connectivity index (χ0) is 24.2. The number of likely N-dealkylation sites (tertiary alicyclic amines) is 1. The van der Waals surface area contributed by atoms with E-state index in [0.29, 0.717) is 25.9 Å². The van der Waals surface area contributed by atoms with Crippen molar-refractivity contribution in [3.05, 3.63) is 72.3 Å². The Morgan fingerprint density at radius 2 is 1.51 bits per heavy atom. The maximum Gasteiger partial charge on any atom is 0.254 e. The zero-order valence-corrected chi connectivity index (χ0v) is 20.5. The fourth-order valence-electron chi connectivity index (χ4n) is 5.32. The molecule has 1 N–H and O–H groups in total. The van der Waals surface area contributed by atoms with Crippen molar-refractivity contribution in [3.8, 4) is 0 Å². The number of para-hydroxylation sites is 2. The molecule has 3 aromatic rings. The molecule has 0 spiro atoms. The highest BCUT2D eigenvalue weighted by atomic mass is 16.2. The quantitative estimate of drug-likeness (QED) is 0.598. The molecule has 3 aromatic carbocycles. The Bertz CT molecular complexity index is 1190. The summed E-state index contributed by atoms with van der Waals surface area (Å²) in [6.07, 6.45) is 1.36. The average molecular weight is 471 g/mol. The molecule has 0 radical (unpaired) electrons. The van der Waals surface area contributed by atoms with Crippen LogP contribution >= 0.6 is 0 Å². The van der Waals surface area contributed by atoms with Crippen LogP contribution in [0.25, 0.3) is 10.8 Å². The maximum atomic E-state index is 13.3. The Morgan fingerprint density at radius 3 is 2.29 bits per heavy atom. The normalized spacial score (nSPS) is 17.5. The fraction of sp³-hybridized carbons (Fsp3) is 0.379. The molecular formula is C29H34N4O2. The van der Waals surface area contributed by atoms with Crippen LogP contribution in [0.1, 0.15) is 30.1 Å². The van der Waals surface area contributed by atoms with Crippen LogP contribution in [0.5, 0.6) is 0 Å². The first-order valence-electron chi connectivity index (χ1n) is 12.8. The van der Waals surface area contributed by atoms with E-state index in [0.717, 1.165) is 60.4 Å². The third-order valence-electron chi connectivity index (χ3n) is 7.50. The molecule has 182 valence electrons. The summed E-state index contributed by atoms with van der Waals surface area (Å²) in [6.45, 7) is 8.49. The van der Waals surface area contributed by atoms with Crippen LogP contribution in [-0.2, 0) is 4.79 Å². The molecule has 35 heavy (non-hydrogen) atoms. The number of carbonyl (C=O) groups excluding carboxylic acids is 2. The standard InChI is InChI=1S/C29H34N4O2/c1-2-31-18-20-32(21-19-31)27-13-6-5-12-26(27)30-28(34)23-14-16-33(17-15-23)29(35)25-11-7-9-22-8-3-4-10-24(22)25/h3-13,23H,2,14-21H2,1H3,(H,30,34). The molecule has 0 aromatic heterocycles. The highest BCUT2D eigenvalue weighted by molar-refractivity contribution is 6.07. The molecule has 2 aliphatic heterocycles. The predicted octanol–water partition coefficient (Wildman–Crippen LogP) is 4.47. The minimum atomic E-state index is -0.0865. The average Bonchev–Trinajstić information content (AvgIpc) is 2.93. The molecular weight excluding hydrogens is 436 g/mol. The van der Waals surface area contributed by atoms with E-state index in [1.165, 1.54) is 0 Å². The number of anilines is 2. The molecule has 2 heterocycles. The van der Waals surface area contributed by atoms with Gasteiger partial charge in [-0.2, -0.15) is 0 Å². The van der Waals surface area contributed by atoms with E-state index in [-0.39, 0.29) is 17.7 Å². The second-order valence-electron chi connectivity index (χ2n) is 9.52. The number of nitrogens with one attached hydrogen (secondary N) is 1. The van der Waals surface area contributed by atoms with Gasteiger partial charge in [0, 0.05) is 50.7 Å². The van der Waals surface area contributed by atoms with Crippen LogP contribution in [0.4, 0.5) is 11.4 Å². The molecule has 2 aliphatic rings. The second-order valence-corrected chi connectivity index (χ2v) is 9.52. The second kappa shape index (κ2) is 10.5. The lowest BCUT2D eigenvalue weighted by molar-refractivity contribution is -0.121. The van der Waals surface area contributed by atoms with E-state index in [9.17, 15) is 9.59 Å². The van der Waals surface area contributed by atoms with E-state index in [1.807, 2.05) is 65.6 Å². The molecule has 0 saturated carbocycles. The van der Waals surface area contributed by atoms with Crippen LogP contribution in [-0.4, -0.2) is 67.4 Å². The number of likely N-dealkylation sites (N-methyl/N-ethyl adjacent to an activating group) is 1. The third kappa shape index (κ3) is 5.03. The van der Waals surface area contributed by atoms with Gasteiger partial charge in [0.2, 0.25) is 5.91 Å². The first kappa shape index (κ1) is 23.4. The molecule has 0 aliphatic carbocycles. The number of hydrogen-bond acceptors (Lipinski definition) is 4. The van der Waals surface area contributed by atoms with Crippen molar-refractivity contribution in [2.75, 3.05) is 56.0 Å². The van der Waals surface area contributed by atoms with E-state index in [1.54, 1.807) is 0 Å². The van der Waals surface area contributed by atoms with E-state index < -0.39 is 0 Å². The van der Waals surface area contributed by atoms with Gasteiger partial charge in [-0.05, 0) is 48.4 Å². The molecule has 6 heteroatoms. The van der Waals surface area contributed by atoms with Crippen LogP contribution in [0, 0.1) is 5.92 Å². The summed E-state index contributed by atoms with van der Waals surface area (Å²) in [7, 11) is 0. The monoisotopic (exact) mass is 470 g/mol. The minimum Gasteiger partial charge on any atom is -0.367 e. The molecule has 2 amide bonds. The molecule has 0 atom stereocenters. The first-order chi connectivity index (χ1) is 17.1. The Kier molecular flexibility index (Phi) is 7.00. The Morgan fingerprint density at radius 1 is 0.829 bits per heavy atom. The number of fused-ring (bicyclic) bond motifs is 1. The van der Waals surface area contributed by atoms with Crippen molar-refractivity contribution in [2.45, 2.75) is 19.8 Å². The summed E-state index contributed by atoms with van der Waals surface area (Å²) >= 11 is 0. The lowest BCUT2D eigenvalue weighted by Gasteiger charge is -2.36. The Labute approximate surface area is 207 Å². The lowest BCUT2D eigenvalue weighted by atomic mass is 9.94. The van der Waals surface area contributed by atoms with Crippen molar-refractivity contribution >= 4 is 34.0 Å². The highest BCUT2D eigenvalue weighted by Crippen LogP contribution is 2.29. The number of amides is 2. The number of benzene rings is 3. The summed E-state index contributed by atoms with van der Waals surface area (Å²) < 4.78 is 0. The Balaban J connectivity index is 1.21. The van der Waals surface area contributed by atoms with Gasteiger partial charge in [0.1, 0.15) is 0 Å². The summed E-state index contributed by atoms with van der Waals surface area (Å²) in [6, 6.07) is 22.0. The summed E-state index contributed by atoms with van der Waals surface area (Å²) in [5.74, 6) is 0.0238. The van der Waals surface area contributed by atoms with Crippen LogP contribution in [0.3, 0.4) is 0 Å². The summed E-state index contributed by atoms with van der Waals surface area (Å²) in [5.41, 5.74) is 2.72. The number of piperidine rings is 1. The number of hydrogen-bond donors (Lipinski definition) is 1. The van der Waals surface area contributed by atoms with Gasteiger partial charge in [-0.25, -0.2) is 0 Å². The minimum absolute atomic E-state index is 0.0530. The van der Waals surface area contributed by atoms with Gasteiger partial charge in [-0.15, -0.1) is 0 Å². The van der Waals surface area contributed by atoms with Crippen molar-refractivity contribution in [1.82, 2.24) is 9.80 Å². The van der Waals surface area contributed by atoms with Crippen molar-refractivity contribution in [2.24, 2.45) is 5.92 Å². The van der Waals surface area contributed by atoms with Crippen molar-refractivity contribution in [1.29, 1.82) is 0 Å². The van der Waals surface area contributed by atoms with Gasteiger partial charge in [0.05, 0.1) is 11.4 Å². The van der Waals surface area contributed by atoms with E-state index >= 15 is 0 Å². The van der Waals surface area contributed by atoms with Gasteiger partial charge in [0.15, 0.2) is 0 Å². The zero-order valence-electron chi connectivity index (χ0n) is 20.5. The molecule has 2 saturated heterocycles. The molecule has 0 unspecified atom stereocenters. The summed E-state index contributed by atoms with van der Waals surface area (Å²) in [5, 5.41) is 5.26. The SMILES string of the molecule is CCN1CCN(c2ccccc2NC(=O)C2CCN(C(=O)c3cccc4ccccc34)CC2)CC1. The van der Waals surface area contributed by atoms with Gasteiger partial charge in [0.25, 0.3) is 5.91 Å². The first-order valence-corrected chi connectivity index (χ1v) is 12.8. The number of piperazine rings is 1. The van der Waals surface area contributed by atoms with Gasteiger partial charge in [-0.1, -0.05) is 55.5 Å². The van der Waals surface area contributed by atoms with Crippen molar-refractivity contribution < 1.29 is 9.59 Å².